The van der Waals surface area contributed by atoms with E-state index in [-0.39, 0.29) is 5.28 Å². The van der Waals surface area contributed by atoms with Crippen molar-refractivity contribution in [1.29, 1.82) is 0 Å². The van der Waals surface area contributed by atoms with Crippen LogP contribution in [-0.2, 0) is 0 Å². The summed E-state index contributed by atoms with van der Waals surface area (Å²) >= 11 is 7.71. The third kappa shape index (κ3) is 4.49. The minimum atomic E-state index is 0.228. The van der Waals surface area contributed by atoms with E-state index in [1.165, 1.54) is 0 Å². The molecule has 0 saturated heterocycles. The number of thioether (sulfide) groups is 1. The smallest absolute Gasteiger partial charge is 0.231 e. The summed E-state index contributed by atoms with van der Waals surface area (Å²) in [6.45, 7) is 8.76. The van der Waals surface area contributed by atoms with Gasteiger partial charge in [-0.15, -0.1) is 0 Å². The molecule has 0 bridgehead atoms. The SMILES string of the molecule is CCN(CC)c1nc(Cl)nc(NCC(C)SC)n1. The minimum absolute atomic E-state index is 0.228. The molecule has 5 nitrogen and oxygen atoms in total. The van der Waals surface area contributed by atoms with E-state index in [4.69, 9.17) is 11.6 Å². The first-order valence-electron chi connectivity index (χ1n) is 6.03. The molecule has 0 aromatic carbocycles. The molecule has 1 atom stereocenters. The van der Waals surface area contributed by atoms with Crippen LogP contribution in [0.2, 0.25) is 5.28 Å². The molecule has 7 heteroatoms. The zero-order valence-electron chi connectivity index (χ0n) is 11.3. The van der Waals surface area contributed by atoms with E-state index in [1.54, 1.807) is 11.8 Å². The molecule has 0 aliphatic heterocycles. The number of rotatable bonds is 7. The molecular formula is C11H20ClN5S. The Morgan fingerprint density at radius 1 is 1.28 bits per heavy atom. The second-order valence-corrected chi connectivity index (χ2v) is 5.44. The Balaban J connectivity index is 2.80. The quantitative estimate of drug-likeness (QED) is 0.832. The lowest BCUT2D eigenvalue weighted by Gasteiger charge is -2.19. The number of hydrogen-bond acceptors (Lipinski definition) is 6. The molecule has 0 saturated carbocycles. The number of halogens is 1. The van der Waals surface area contributed by atoms with Crippen molar-refractivity contribution < 1.29 is 0 Å². The first-order valence-corrected chi connectivity index (χ1v) is 7.70. The minimum Gasteiger partial charge on any atom is -0.353 e. The third-order valence-electron chi connectivity index (χ3n) is 2.59. The highest BCUT2D eigenvalue weighted by atomic mass is 35.5. The van der Waals surface area contributed by atoms with Gasteiger partial charge in [-0.3, -0.25) is 0 Å². The van der Waals surface area contributed by atoms with Gasteiger partial charge in [0.1, 0.15) is 0 Å². The van der Waals surface area contributed by atoms with E-state index in [0.717, 1.165) is 19.6 Å². The fourth-order valence-corrected chi connectivity index (χ4v) is 1.79. The van der Waals surface area contributed by atoms with Gasteiger partial charge in [-0.25, -0.2) is 0 Å². The van der Waals surface area contributed by atoms with Gasteiger partial charge in [-0.2, -0.15) is 26.7 Å². The van der Waals surface area contributed by atoms with Crippen molar-refractivity contribution in [2.24, 2.45) is 0 Å². The van der Waals surface area contributed by atoms with Crippen LogP contribution in [0.3, 0.4) is 0 Å². The number of aromatic nitrogens is 3. The molecule has 1 N–H and O–H groups in total. The van der Waals surface area contributed by atoms with Crippen molar-refractivity contribution in [3.05, 3.63) is 5.28 Å². The van der Waals surface area contributed by atoms with Gasteiger partial charge in [-0.1, -0.05) is 6.92 Å². The third-order valence-corrected chi connectivity index (χ3v) is 3.73. The molecule has 1 heterocycles. The van der Waals surface area contributed by atoms with Crippen LogP contribution in [0, 0.1) is 0 Å². The van der Waals surface area contributed by atoms with Gasteiger partial charge < -0.3 is 10.2 Å². The first-order chi connectivity index (χ1) is 8.60. The van der Waals surface area contributed by atoms with Crippen LogP contribution >= 0.6 is 23.4 Å². The Morgan fingerprint density at radius 3 is 2.50 bits per heavy atom. The van der Waals surface area contributed by atoms with Gasteiger partial charge >= 0.3 is 0 Å². The van der Waals surface area contributed by atoms with Crippen LogP contribution in [0.1, 0.15) is 20.8 Å². The molecule has 1 aromatic heterocycles. The highest BCUT2D eigenvalue weighted by Gasteiger charge is 2.10. The molecule has 0 spiro atoms. The van der Waals surface area contributed by atoms with Gasteiger partial charge in [0.15, 0.2) is 0 Å². The maximum absolute atomic E-state index is 5.92. The predicted octanol–water partition coefficient (Wildman–Crippen LogP) is 2.53. The van der Waals surface area contributed by atoms with Crippen molar-refractivity contribution in [3.8, 4) is 0 Å². The van der Waals surface area contributed by atoms with Crippen LogP contribution in [0.25, 0.3) is 0 Å². The van der Waals surface area contributed by atoms with Crippen LogP contribution in [0.5, 0.6) is 0 Å². The first kappa shape index (κ1) is 15.3. The molecule has 0 amide bonds. The largest absolute Gasteiger partial charge is 0.353 e. The van der Waals surface area contributed by atoms with Gasteiger partial charge in [-0.05, 0) is 31.7 Å². The van der Waals surface area contributed by atoms with Gasteiger partial charge in [0.2, 0.25) is 17.2 Å². The van der Waals surface area contributed by atoms with E-state index < -0.39 is 0 Å². The van der Waals surface area contributed by atoms with Crippen molar-refractivity contribution in [2.75, 3.05) is 36.1 Å². The molecule has 1 aromatic rings. The van der Waals surface area contributed by atoms with E-state index >= 15 is 0 Å². The Hall–Kier alpha value is -0.750. The lowest BCUT2D eigenvalue weighted by molar-refractivity contribution is 0.810. The highest BCUT2D eigenvalue weighted by Crippen LogP contribution is 2.14. The molecule has 0 radical (unpaired) electrons. The molecule has 0 aliphatic carbocycles. The van der Waals surface area contributed by atoms with E-state index in [1.807, 2.05) is 4.90 Å². The molecule has 0 aliphatic rings. The number of nitrogens with zero attached hydrogens (tertiary/aromatic N) is 4. The van der Waals surface area contributed by atoms with Crippen LogP contribution in [0.4, 0.5) is 11.9 Å². The van der Waals surface area contributed by atoms with E-state index in [9.17, 15) is 0 Å². The molecule has 0 fully saturated rings. The Morgan fingerprint density at radius 2 is 1.94 bits per heavy atom. The van der Waals surface area contributed by atoms with Crippen molar-refractivity contribution in [1.82, 2.24) is 15.0 Å². The number of nitrogens with one attached hydrogen (secondary N) is 1. The predicted molar refractivity (Wildman–Crippen MR) is 79.9 cm³/mol. The number of anilines is 2. The normalized spacial score (nSPS) is 12.3. The molecule has 102 valence electrons. The van der Waals surface area contributed by atoms with Crippen molar-refractivity contribution in [3.63, 3.8) is 0 Å². The second kappa shape index (κ2) is 7.63. The van der Waals surface area contributed by atoms with Gasteiger partial charge in [0.05, 0.1) is 0 Å². The maximum atomic E-state index is 5.92. The van der Waals surface area contributed by atoms with Gasteiger partial charge in [0, 0.05) is 24.9 Å². The maximum Gasteiger partial charge on any atom is 0.231 e. The summed E-state index contributed by atoms with van der Waals surface area (Å²) in [5.74, 6) is 1.16. The number of hydrogen-bond donors (Lipinski definition) is 1. The molecule has 1 rings (SSSR count). The Bertz CT molecular complexity index is 372. The summed E-state index contributed by atoms with van der Waals surface area (Å²) in [4.78, 5) is 14.7. The Labute approximate surface area is 118 Å². The fraction of sp³-hybridized carbons (Fsp3) is 0.727. The van der Waals surface area contributed by atoms with Gasteiger partial charge in [0.25, 0.3) is 0 Å². The fourth-order valence-electron chi connectivity index (χ4n) is 1.38. The van der Waals surface area contributed by atoms with Crippen LogP contribution < -0.4 is 10.2 Å². The summed E-state index contributed by atoms with van der Waals surface area (Å²) in [6.07, 6.45) is 2.08. The molecular weight excluding hydrogens is 270 g/mol. The Kier molecular flexibility index (Phi) is 6.49. The zero-order valence-corrected chi connectivity index (χ0v) is 12.8. The summed E-state index contributed by atoms with van der Waals surface area (Å²) < 4.78 is 0. The van der Waals surface area contributed by atoms with Crippen molar-refractivity contribution >= 4 is 35.3 Å². The standard InChI is InChI=1S/C11H20ClN5S/c1-5-17(6-2)11-15-9(12)14-10(16-11)13-7-8(3)18-4/h8H,5-7H2,1-4H3,(H,13,14,15,16). The summed E-state index contributed by atoms with van der Waals surface area (Å²) in [6, 6.07) is 0. The van der Waals surface area contributed by atoms with E-state index in [2.05, 4.69) is 47.3 Å². The average molecular weight is 290 g/mol. The topological polar surface area (TPSA) is 53.9 Å². The molecule has 18 heavy (non-hydrogen) atoms. The van der Waals surface area contributed by atoms with Crippen molar-refractivity contribution in [2.45, 2.75) is 26.0 Å². The summed E-state index contributed by atoms with van der Waals surface area (Å²) in [7, 11) is 0. The summed E-state index contributed by atoms with van der Waals surface area (Å²) in [5, 5.41) is 3.91. The monoisotopic (exact) mass is 289 g/mol. The zero-order chi connectivity index (χ0) is 13.5. The average Bonchev–Trinajstić information content (AvgIpc) is 2.37. The van der Waals surface area contributed by atoms with Crippen LogP contribution in [0.15, 0.2) is 0 Å². The lowest BCUT2D eigenvalue weighted by Crippen LogP contribution is -2.25. The lowest BCUT2D eigenvalue weighted by atomic mass is 10.5. The molecule has 1 unspecified atom stereocenters. The summed E-state index contributed by atoms with van der Waals surface area (Å²) in [5.41, 5.74) is 0. The van der Waals surface area contributed by atoms with E-state index in [0.29, 0.717) is 17.1 Å². The van der Waals surface area contributed by atoms with Crippen LogP contribution in [-0.4, -0.2) is 46.1 Å². The second-order valence-electron chi connectivity index (χ2n) is 3.83. The highest BCUT2D eigenvalue weighted by molar-refractivity contribution is 7.99.